The molecule has 0 aromatic carbocycles. The first-order chi connectivity index (χ1) is 7.26. The van der Waals surface area contributed by atoms with Crippen LogP contribution in [-0.2, 0) is 4.74 Å². The number of likely N-dealkylation sites (N-methyl/N-ethyl adjacent to an activating group) is 1. The zero-order chi connectivity index (χ0) is 11.5. The van der Waals surface area contributed by atoms with E-state index in [0.29, 0.717) is 12.0 Å². The summed E-state index contributed by atoms with van der Waals surface area (Å²) in [6, 6.07) is 0.515. The standard InChI is InChI=1S/C13H29NO/c1-5-7-8-9-10-15-11-13(14-4)12(3)6-2/h12-14H,5-11H2,1-4H3. The average molecular weight is 215 g/mol. The largest absolute Gasteiger partial charge is 0.380 e. The lowest BCUT2D eigenvalue weighted by Gasteiger charge is -2.22. The lowest BCUT2D eigenvalue weighted by Crippen LogP contribution is -2.36. The molecule has 0 saturated heterocycles. The molecular formula is C13H29NO. The maximum atomic E-state index is 5.69. The number of ether oxygens (including phenoxy) is 1. The molecule has 1 N–H and O–H groups in total. The number of hydrogen-bond acceptors (Lipinski definition) is 2. The Morgan fingerprint density at radius 3 is 2.40 bits per heavy atom. The minimum absolute atomic E-state index is 0.515. The number of nitrogens with one attached hydrogen (secondary N) is 1. The van der Waals surface area contributed by atoms with Crippen LogP contribution in [0.1, 0.15) is 52.9 Å². The van der Waals surface area contributed by atoms with Crippen LogP contribution in [0, 0.1) is 5.92 Å². The van der Waals surface area contributed by atoms with Crippen molar-refractivity contribution in [3.05, 3.63) is 0 Å². The van der Waals surface area contributed by atoms with E-state index in [1.807, 2.05) is 7.05 Å². The van der Waals surface area contributed by atoms with E-state index < -0.39 is 0 Å². The molecule has 0 aliphatic carbocycles. The van der Waals surface area contributed by atoms with Crippen LogP contribution < -0.4 is 5.32 Å². The van der Waals surface area contributed by atoms with Crippen molar-refractivity contribution >= 4 is 0 Å². The van der Waals surface area contributed by atoms with E-state index in [1.165, 1.54) is 32.1 Å². The van der Waals surface area contributed by atoms with E-state index >= 15 is 0 Å². The molecule has 0 fully saturated rings. The van der Waals surface area contributed by atoms with Crippen LogP contribution in [0.15, 0.2) is 0 Å². The Bertz CT molecular complexity index is 128. The zero-order valence-electron chi connectivity index (χ0n) is 11.0. The summed E-state index contributed by atoms with van der Waals surface area (Å²) in [6.07, 6.45) is 6.37. The molecule has 0 saturated carbocycles. The molecule has 0 aromatic heterocycles. The smallest absolute Gasteiger partial charge is 0.0622 e. The summed E-state index contributed by atoms with van der Waals surface area (Å²) in [6.45, 7) is 8.53. The quantitative estimate of drug-likeness (QED) is 0.565. The Labute approximate surface area is 95.8 Å². The highest BCUT2D eigenvalue weighted by molar-refractivity contribution is 4.69. The van der Waals surface area contributed by atoms with Gasteiger partial charge in [-0.3, -0.25) is 0 Å². The Hall–Kier alpha value is -0.0800. The predicted molar refractivity (Wildman–Crippen MR) is 67.3 cm³/mol. The van der Waals surface area contributed by atoms with E-state index in [0.717, 1.165) is 13.2 Å². The number of rotatable bonds is 10. The predicted octanol–water partition coefficient (Wildman–Crippen LogP) is 3.22. The van der Waals surface area contributed by atoms with Crippen LogP contribution in [-0.4, -0.2) is 26.3 Å². The van der Waals surface area contributed by atoms with E-state index in [9.17, 15) is 0 Å². The van der Waals surface area contributed by atoms with Crippen LogP contribution in [0.4, 0.5) is 0 Å². The normalized spacial score (nSPS) is 15.2. The summed E-state index contributed by atoms with van der Waals surface area (Å²) in [5.74, 6) is 0.700. The molecule has 2 heteroatoms. The Morgan fingerprint density at radius 2 is 1.87 bits per heavy atom. The number of unbranched alkanes of at least 4 members (excludes halogenated alkanes) is 3. The van der Waals surface area contributed by atoms with E-state index in [-0.39, 0.29) is 0 Å². The van der Waals surface area contributed by atoms with Gasteiger partial charge in [-0.05, 0) is 19.4 Å². The molecule has 0 heterocycles. The maximum Gasteiger partial charge on any atom is 0.0622 e. The van der Waals surface area contributed by atoms with Crippen LogP contribution in [0.2, 0.25) is 0 Å². The SMILES string of the molecule is CCCCCCOCC(NC)C(C)CC. The summed E-state index contributed by atoms with van der Waals surface area (Å²) in [5.41, 5.74) is 0. The van der Waals surface area contributed by atoms with Gasteiger partial charge in [0.15, 0.2) is 0 Å². The molecule has 0 aliphatic heterocycles. The molecule has 0 aliphatic rings. The molecule has 15 heavy (non-hydrogen) atoms. The lowest BCUT2D eigenvalue weighted by atomic mass is 10.0. The van der Waals surface area contributed by atoms with Crippen molar-refractivity contribution in [3.63, 3.8) is 0 Å². The summed E-state index contributed by atoms with van der Waals surface area (Å²) < 4.78 is 5.69. The molecule has 0 amide bonds. The maximum absolute atomic E-state index is 5.69. The van der Waals surface area contributed by atoms with Gasteiger partial charge in [0, 0.05) is 12.6 Å². The molecule has 2 nitrogen and oxygen atoms in total. The third kappa shape index (κ3) is 7.80. The van der Waals surface area contributed by atoms with Gasteiger partial charge < -0.3 is 10.1 Å². The van der Waals surface area contributed by atoms with Crippen molar-refractivity contribution in [2.24, 2.45) is 5.92 Å². The second-order valence-corrected chi connectivity index (χ2v) is 4.42. The summed E-state index contributed by atoms with van der Waals surface area (Å²) >= 11 is 0. The van der Waals surface area contributed by atoms with E-state index in [1.54, 1.807) is 0 Å². The van der Waals surface area contributed by atoms with Crippen molar-refractivity contribution in [2.75, 3.05) is 20.3 Å². The van der Waals surface area contributed by atoms with Crippen LogP contribution in [0.3, 0.4) is 0 Å². The van der Waals surface area contributed by atoms with Gasteiger partial charge in [-0.2, -0.15) is 0 Å². The second kappa shape index (κ2) is 10.4. The van der Waals surface area contributed by atoms with Gasteiger partial charge in [0.05, 0.1) is 6.61 Å². The van der Waals surface area contributed by atoms with Gasteiger partial charge in [-0.15, -0.1) is 0 Å². The summed E-state index contributed by atoms with van der Waals surface area (Å²) in [4.78, 5) is 0. The van der Waals surface area contributed by atoms with E-state index in [4.69, 9.17) is 4.74 Å². The highest BCUT2D eigenvalue weighted by Crippen LogP contribution is 2.08. The zero-order valence-corrected chi connectivity index (χ0v) is 11.0. The average Bonchev–Trinajstić information content (AvgIpc) is 2.27. The van der Waals surface area contributed by atoms with Gasteiger partial charge in [-0.1, -0.05) is 46.5 Å². The minimum Gasteiger partial charge on any atom is -0.380 e. The first-order valence-corrected chi connectivity index (χ1v) is 6.51. The van der Waals surface area contributed by atoms with Gasteiger partial charge in [0.1, 0.15) is 0 Å². The molecule has 2 unspecified atom stereocenters. The summed E-state index contributed by atoms with van der Waals surface area (Å²) in [7, 11) is 2.03. The number of hydrogen-bond donors (Lipinski definition) is 1. The molecule has 2 atom stereocenters. The first-order valence-electron chi connectivity index (χ1n) is 6.51. The van der Waals surface area contributed by atoms with Crippen LogP contribution in [0.5, 0.6) is 0 Å². The third-order valence-electron chi connectivity index (χ3n) is 3.14. The lowest BCUT2D eigenvalue weighted by molar-refractivity contribution is 0.0943. The fourth-order valence-electron chi connectivity index (χ4n) is 1.66. The Kier molecular flexibility index (Phi) is 10.4. The molecular weight excluding hydrogens is 186 g/mol. The van der Waals surface area contributed by atoms with Crippen LogP contribution >= 0.6 is 0 Å². The first kappa shape index (κ1) is 14.9. The topological polar surface area (TPSA) is 21.3 Å². The Balaban J connectivity index is 3.38. The minimum atomic E-state index is 0.515. The van der Waals surface area contributed by atoms with Crippen LogP contribution in [0.25, 0.3) is 0 Å². The Morgan fingerprint density at radius 1 is 1.13 bits per heavy atom. The fraction of sp³-hybridized carbons (Fsp3) is 1.00. The van der Waals surface area contributed by atoms with Crippen molar-refractivity contribution in [1.29, 1.82) is 0 Å². The van der Waals surface area contributed by atoms with Crippen molar-refractivity contribution in [3.8, 4) is 0 Å². The van der Waals surface area contributed by atoms with Crippen molar-refractivity contribution < 1.29 is 4.74 Å². The van der Waals surface area contributed by atoms with Crippen molar-refractivity contribution in [2.45, 2.75) is 58.9 Å². The molecule has 0 aromatic rings. The second-order valence-electron chi connectivity index (χ2n) is 4.42. The monoisotopic (exact) mass is 215 g/mol. The summed E-state index contributed by atoms with van der Waals surface area (Å²) in [5, 5.41) is 3.33. The van der Waals surface area contributed by atoms with Gasteiger partial charge in [0.2, 0.25) is 0 Å². The third-order valence-corrected chi connectivity index (χ3v) is 3.14. The van der Waals surface area contributed by atoms with Gasteiger partial charge in [-0.25, -0.2) is 0 Å². The van der Waals surface area contributed by atoms with Crippen molar-refractivity contribution in [1.82, 2.24) is 5.32 Å². The highest BCUT2D eigenvalue weighted by Gasteiger charge is 2.12. The fourth-order valence-corrected chi connectivity index (χ4v) is 1.66. The highest BCUT2D eigenvalue weighted by atomic mass is 16.5. The van der Waals surface area contributed by atoms with E-state index in [2.05, 4.69) is 26.1 Å². The molecule has 0 bridgehead atoms. The molecule has 0 spiro atoms. The molecule has 0 radical (unpaired) electrons. The van der Waals surface area contributed by atoms with Gasteiger partial charge in [0.25, 0.3) is 0 Å². The molecule has 0 rings (SSSR count). The van der Waals surface area contributed by atoms with Gasteiger partial charge >= 0.3 is 0 Å². The molecule has 92 valence electrons.